The largest absolute Gasteiger partial charge is 0.434 e. The molecule has 0 saturated carbocycles. The van der Waals surface area contributed by atoms with Gasteiger partial charge in [0, 0.05) is 13.2 Å². The first-order valence-electron chi connectivity index (χ1n) is 4.53. The van der Waals surface area contributed by atoms with Crippen molar-refractivity contribution in [2.45, 2.75) is 32.7 Å². The Kier molecular flexibility index (Phi) is 5.67. The van der Waals surface area contributed by atoms with E-state index in [0.717, 1.165) is 12.1 Å². The van der Waals surface area contributed by atoms with Crippen molar-refractivity contribution in [1.82, 2.24) is 0 Å². The van der Waals surface area contributed by atoms with Crippen LogP contribution in [0.3, 0.4) is 0 Å². The molecule has 5 heteroatoms. The van der Waals surface area contributed by atoms with Crippen LogP contribution in [0.1, 0.15) is 13.8 Å². The topological polar surface area (TPSA) is 44.8 Å². The maximum absolute atomic E-state index is 10.8. The second-order valence-electron chi connectivity index (χ2n) is 3.02. The molecule has 0 spiro atoms. The van der Waals surface area contributed by atoms with E-state index in [0.29, 0.717) is 0 Å². The first-order valence-corrected chi connectivity index (χ1v) is 7.05. The number of rotatable bonds is 6. The summed E-state index contributed by atoms with van der Waals surface area (Å²) in [4.78, 5) is 10.8. The lowest BCUT2D eigenvalue weighted by Gasteiger charge is -2.26. The molecule has 14 heavy (non-hydrogen) atoms. The molecule has 0 aromatic heterocycles. The Morgan fingerprint density at radius 2 is 2.21 bits per heavy atom. The fraction of sp³-hybridized carbons (Fsp3) is 0.667. The Labute approximate surface area is 86.1 Å². The Balaban J connectivity index is 4.09. The first kappa shape index (κ1) is 13.3. The average Bonchev–Trinajstić information content (AvgIpc) is 2.17. The highest BCUT2D eigenvalue weighted by atomic mass is 28.4. The van der Waals surface area contributed by atoms with Crippen LogP contribution < -0.4 is 0 Å². The fourth-order valence-electron chi connectivity index (χ4n) is 0.863. The molecule has 0 amide bonds. The summed E-state index contributed by atoms with van der Waals surface area (Å²) in [6.45, 7) is 8.87. The van der Waals surface area contributed by atoms with Crippen LogP contribution in [0.25, 0.3) is 0 Å². The summed E-state index contributed by atoms with van der Waals surface area (Å²) < 4.78 is 15.7. The second-order valence-corrected chi connectivity index (χ2v) is 6.64. The SMILES string of the molecule is C=CC(=O)OC(C)O[Si](C)(CC)OC. The highest BCUT2D eigenvalue weighted by Gasteiger charge is 2.30. The standard InChI is InChI=1S/C9H18O4Si/c1-6-9(10)12-8(3)13-14(5,7-2)11-4/h6,8H,1,7H2,2-5H3. The molecule has 0 rings (SSSR count). The van der Waals surface area contributed by atoms with Crippen LogP contribution in [0.5, 0.6) is 0 Å². The molecule has 0 aromatic rings. The van der Waals surface area contributed by atoms with Crippen molar-refractivity contribution in [3.63, 3.8) is 0 Å². The van der Waals surface area contributed by atoms with Gasteiger partial charge in [0.15, 0.2) is 6.29 Å². The number of esters is 1. The fourth-order valence-corrected chi connectivity index (χ4v) is 2.16. The predicted octanol–water partition coefficient (Wildman–Crippen LogP) is 1.82. The third-order valence-electron chi connectivity index (χ3n) is 1.94. The van der Waals surface area contributed by atoms with Crippen LogP contribution in [-0.4, -0.2) is 27.9 Å². The van der Waals surface area contributed by atoms with Gasteiger partial charge in [0.25, 0.3) is 0 Å². The van der Waals surface area contributed by atoms with Gasteiger partial charge in [0.2, 0.25) is 0 Å². The van der Waals surface area contributed by atoms with Gasteiger partial charge in [0.05, 0.1) is 0 Å². The van der Waals surface area contributed by atoms with Crippen molar-refractivity contribution in [3.8, 4) is 0 Å². The molecule has 0 aliphatic heterocycles. The van der Waals surface area contributed by atoms with Crippen LogP contribution in [-0.2, 0) is 18.4 Å². The summed E-state index contributed by atoms with van der Waals surface area (Å²) in [6.07, 6.45) is 0.523. The normalized spacial score (nSPS) is 16.9. The van der Waals surface area contributed by atoms with Crippen molar-refractivity contribution >= 4 is 14.5 Å². The summed E-state index contributed by atoms with van der Waals surface area (Å²) in [5, 5.41) is 0. The van der Waals surface area contributed by atoms with Gasteiger partial charge >= 0.3 is 14.5 Å². The maximum Gasteiger partial charge on any atom is 0.337 e. The van der Waals surface area contributed by atoms with Crippen LogP contribution in [0.4, 0.5) is 0 Å². The van der Waals surface area contributed by atoms with Gasteiger partial charge in [0.1, 0.15) is 0 Å². The summed E-state index contributed by atoms with van der Waals surface area (Å²) in [7, 11) is -0.543. The molecule has 2 atom stereocenters. The smallest absolute Gasteiger partial charge is 0.337 e. The minimum Gasteiger partial charge on any atom is -0.434 e. The summed E-state index contributed by atoms with van der Waals surface area (Å²) >= 11 is 0. The Bertz CT molecular complexity index is 201. The molecular weight excluding hydrogens is 200 g/mol. The molecule has 4 nitrogen and oxygen atoms in total. The van der Waals surface area contributed by atoms with Crippen LogP contribution in [0.2, 0.25) is 12.6 Å². The van der Waals surface area contributed by atoms with Crippen LogP contribution >= 0.6 is 0 Å². The van der Waals surface area contributed by atoms with Gasteiger partial charge < -0.3 is 13.6 Å². The van der Waals surface area contributed by atoms with Gasteiger partial charge in [-0.05, 0) is 19.5 Å². The summed E-state index contributed by atoms with van der Waals surface area (Å²) in [5.41, 5.74) is 0. The molecule has 0 aliphatic carbocycles. The van der Waals surface area contributed by atoms with Crippen molar-refractivity contribution in [3.05, 3.63) is 12.7 Å². The summed E-state index contributed by atoms with van der Waals surface area (Å²) in [5.74, 6) is -0.485. The van der Waals surface area contributed by atoms with E-state index in [9.17, 15) is 4.79 Å². The quantitative estimate of drug-likeness (QED) is 0.295. The third kappa shape index (κ3) is 4.55. The number of carbonyl (C=O) groups excluding carboxylic acids is 1. The molecule has 0 fully saturated rings. The molecule has 0 heterocycles. The average molecular weight is 218 g/mol. The number of hydrogen-bond donors (Lipinski definition) is 0. The minimum absolute atomic E-state index is 0.485. The van der Waals surface area contributed by atoms with E-state index >= 15 is 0 Å². The number of ether oxygens (including phenoxy) is 1. The Morgan fingerprint density at radius 3 is 2.57 bits per heavy atom. The van der Waals surface area contributed by atoms with Gasteiger partial charge in [-0.2, -0.15) is 0 Å². The molecule has 2 unspecified atom stereocenters. The Hall–Kier alpha value is -0.653. The number of hydrogen-bond acceptors (Lipinski definition) is 4. The predicted molar refractivity (Wildman–Crippen MR) is 55.9 cm³/mol. The van der Waals surface area contributed by atoms with Gasteiger partial charge in [-0.25, -0.2) is 4.79 Å². The minimum atomic E-state index is -2.15. The Morgan fingerprint density at radius 1 is 1.64 bits per heavy atom. The summed E-state index contributed by atoms with van der Waals surface area (Å²) in [6, 6.07) is 0.805. The highest BCUT2D eigenvalue weighted by molar-refractivity contribution is 6.65. The maximum atomic E-state index is 10.8. The van der Waals surface area contributed by atoms with E-state index in [1.54, 1.807) is 14.0 Å². The van der Waals surface area contributed by atoms with Crippen LogP contribution in [0.15, 0.2) is 12.7 Å². The number of carbonyl (C=O) groups is 1. The van der Waals surface area contributed by atoms with E-state index in [-0.39, 0.29) is 0 Å². The van der Waals surface area contributed by atoms with Crippen molar-refractivity contribution in [2.24, 2.45) is 0 Å². The van der Waals surface area contributed by atoms with Crippen molar-refractivity contribution in [1.29, 1.82) is 0 Å². The lowest BCUT2D eigenvalue weighted by Crippen LogP contribution is -2.40. The van der Waals surface area contributed by atoms with Gasteiger partial charge in [-0.1, -0.05) is 13.5 Å². The second kappa shape index (κ2) is 5.95. The van der Waals surface area contributed by atoms with Crippen molar-refractivity contribution in [2.75, 3.05) is 7.11 Å². The monoisotopic (exact) mass is 218 g/mol. The van der Waals surface area contributed by atoms with Crippen LogP contribution in [0, 0.1) is 0 Å². The molecule has 0 bridgehead atoms. The lowest BCUT2D eigenvalue weighted by atomic mass is 10.6. The first-order chi connectivity index (χ1) is 6.47. The molecule has 0 aliphatic rings. The van der Waals surface area contributed by atoms with E-state index in [1.165, 1.54) is 0 Å². The molecule has 0 radical (unpaired) electrons. The van der Waals surface area contributed by atoms with E-state index in [2.05, 4.69) is 6.58 Å². The zero-order valence-electron chi connectivity index (χ0n) is 9.20. The zero-order chi connectivity index (χ0) is 11.2. The third-order valence-corrected chi connectivity index (χ3v) is 4.92. The van der Waals surface area contributed by atoms with Gasteiger partial charge in [-0.3, -0.25) is 0 Å². The molecular formula is C9H18O4Si. The zero-order valence-corrected chi connectivity index (χ0v) is 10.2. The molecule has 0 aromatic carbocycles. The van der Waals surface area contributed by atoms with Gasteiger partial charge in [-0.15, -0.1) is 0 Å². The van der Waals surface area contributed by atoms with Crippen molar-refractivity contribution < 1.29 is 18.4 Å². The van der Waals surface area contributed by atoms with E-state index in [1.807, 2.05) is 13.5 Å². The van der Waals surface area contributed by atoms with E-state index in [4.69, 9.17) is 13.6 Å². The molecule has 82 valence electrons. The molecule has 0 N–H and O–H groups in total. The lowest BCUT2D eigenvalue weighted by molar-refractivity contribution is -0.157. The van der Waals surface area contributed by atoms with E-state index < -0.39 is 20.8 Å². The highest BCUT2D eigenvalue weighted by Crippen LogP contribution is 2.14. The molecule has 0 saturated heterocycles.